The molecule has 29 heteroatoms. The minimum atomic E-state index is -6.72. The summed E-state index contributed by atoms with van der Waals surface area (Å²) in [5, 5.41) is -4.61. The van der Waals surface area contributed by atoms with Gasteiger partial charge in [0.2, 0.25) is 0 Å². The van der Waals surface area contributed by atoms with Crippen LogP contribution in [0.4, 0.5) is 19.4 Å². The highest BCUT2D eigenvalue weighted by molar-refractivity contribution is 7.88. The van der Waals surface area contributed by atoms with Crippen LogP contribution < -0.4 is 23.7 Å². The maximum atomic E-state index is 15.2. The van der Waals surface area contributed by atoms with E-state index in [1.54, 1.807) is 0 Å². The summed E-state index contributed by atoms with van der Waals surface area (Å²) in [5.41, 5.74) is -0.464. The van der Waals surface area contributed by atoms with Gasteiger partial charge in [-0.3, -0.25) is 4.55 Å². The van der Waals surface area contributed by atoms with Gasteiger partial charge in [0.25, 0.3) is 0 Å². The first-order valence-electron chi connectivity index (χ1n) is 18.1. The van der Waals surface area contributed by atoms with Crippen LogP contribution in [0.2, 0.25) is 0 Å². The third-order valence-electron chi connectivity index (χ3n) is 8.96. The highest BCUT2D eigenvalue weighted by Crippen LogP contribution is 2.45. The molecule has 0 atom stereocenters. The van der Waals surface area contributed by atoms with E-state index in [1.165, 1.54) is 34.6 Å². The molecule has 18 nitrogen and oxygen atoms in total. The quantitative estimate of drug-likeness (QED) is 0.0409. The zero-order chi connectivity index (χ0) is 50.5. The summed E-state index contributed by atoms with van der Waals surface area (Å²) in [6, 6.07) is 10.2. The minimum Gasteiger partial charge on any atom is -0.436 e. The number of halogens is 5. The van der Waals surface area contributed by atoms with Gasteiger partial charge in [-0.15, -0.1) is 19.4 Å². The molecule has 0 amide bonds. The molecule has 67 heavy (non-hydrogen) atoms. The van der Waals surface area contributed by atoms with E-state index in [0.717, 1.165) is 30.3 Å². The molecule has 0 spiro atoms. The standard InChI is InChI=1S/C38H33F5O18S6/c1-22-6-11-32(62(39,44)45)27(16-22)57-37(58-28-17-23(2)7-12-33(28)63(40,46)47,59-29-18-24(3)8-13-34(29)64(41,48)49)21-38(67(54,55)56,60-30-19-25(4)9-14-35(30)65(42,50)51)61-31-20-26(5)10-15-36(31)66(43,52)53/h6-20H,21H2,1-5H3,(H,54,55,56). The third kappa shape index (κ3) is 12.3. The zero-order valence-electron chi connectivity index (χ0n) is 34.6. The molecule has 0 heterocycles. The Labute approximate surface area is 381 Å². The van der Waals surface area contributed by atoms with Crippen LogP contribution in [0.15, 0.2) is 115 Å². The molecule has 0 saturated heterocycles. The van der Waals surface area contributed by atoms with Crippen molar-refractivity contribution in [3.8, 4) is 28.7 Å². The Bertz CT molecular complexity index is 3210. The average Bonchev–Trinajstić information content (AvgIpc) is 3.12. The van der Waals surface area contributed by atoms with Gasteiger partial charge in [0.15, 0.2) is 6.42 Å². The average molecular weight is 1070 g/mol. The lowest BCUT2D eigenvalue weighted by molar-refractivity contribution is -0.286. The highest BCUT2D eigenvalue weighted by Gasteiger charge is 2.61. The van der Waals surface area contributed by atoms with Crippen molar-refractivity contribution in [1.82, 2.24) is 0 Å². The van der Waals surface area contributed by atoms with Gasteiger partial charge in [0.05, 0.1) is 0 Å². The molecule has 0 saturated carbocycles. The van der Waals surface area contributed by atoms with E-state index in [4.69, 9.17) is 23.7 Å². The smallest absolute Gasteiger partial charge is 0.426 e. The maximum Gasteiger partial charge on any atom is 0.426 e. The molecule has 0 fully saturated rings. The normalized spacial score (nSPS) is 13.2. The zero-order valence-corrected chi connectivity index (χ0v) is 39.5. The molecule has 364 valence electrons. The van der Waals surface area contributed by atoms with Crippen LogP contribution in [-0.4, -0.2) is 66.2 Å². The van der Waals surface area contributed by atoms with Crippen LogP contribution in [0, 0.1) is 34.6 Å². The van der Waals surface area contributed by atoms with Crippen molar-refractivity contribution in [3.05, 3.63) is 119 Å². The van der Waals surface area contributed by atoms with E-state index in [1.807, 2.05) is 0 Å². The van der Waals surface area contributed by atoms with E-state index < -0.39 is 132 Å². The van der Waals surface area contributed by atoms with Crippen molar-refractivity contribution < 1.29 is 98.2 Å². The second kappa shape index (κ2) is 18.1. The van der Waals surface area contributed by atoms with Gasteiger partial charge in [-0.2, -0.15) is 50.5 Å². The number of hydrogen-bond donors (Lipinski definition) is 1. The Balaban J connectivity index is 2.10. The fraction of sp³-hybridized carbons (Fsp3) is 0.211. The van der Waals surface area contributed by atoms with Crippen LogP contribution in [0.3, 0.4) is 0 Å². The van der Waals surface area contributed by atoms with Crippen molar-refractivity contribution in [2.45, 2.75) is 76.6 Å². The largest absolute Gasteiger partial charge is 0.436 e. The molecule has 5 aromatic rings. The van der Waals surface area contributed by atoms with Crippen LogP contribution >= 0.6 is 0 Å². The SMILES string of the molecule is Cc1ccc(S(=O)(=O)F)c(OC(CC(Oc2cc(C)ccc2S(=O)(=O)F)(Oc2cc(C)ccc2S(=O)(=O)F)S(=O)(=O)O)(Oc2cc(C)ccc2S(=O)(=O)F)Oc2cc(C)ccc2S(=O)(=O)F)c1. The first-order chi connectivity index (χ1) is 30.4. The Morgan fingerprint density at radius 2 is 0.567 bits per heavy atom. The molecule has 5 rings (SSSR count). The van der Waals surface area contributed by atoms with Gasteiger partial charge in [-0.05, 0) is 123 Å². The second-order valence-electron chi connectivity index (χ2n) is 14.5. The van der Waals surface area contributed by atoms with Gasteiger partial charge in [-0.25, -0.2) is 0 Å². The lowest BCUT2D eigenvalue weighted by Gasteiger charge is -2.40. The van der Waals surface area contributed by atoms with E-state index in [2.05, 4.69) is 0 Å². The molecule has 0 unspecified atom stereocenters. The fourth-order valence-corrected chi connectivity index (χ4v) is 9.65. The van der Waals surface area contributed by atoms with Crippen molar-refractivity contribution in [3.63, 3.8) is 0 Å². The summed E-state index contributed by atoms with van der Waals surface area (Å²) >= 11 is 0. The predicted octanol–water partition coefficient (Wildman–Crippen LogP) is 6.80. The summed E-state index contributed by atoms with van der Waals surface area (Å²) in [5.74, 6) is -11.4. The van der Waals surface area contributed by atoms with Gasteiger partial charge >= 0.3 is 72.3 Å². The third-order valence-corrected chi connectivity index (χ3v) is 14.4. The monoisotopic (exact) mass is 1060 g/mol. The van der Waals surface area contributed by atoms with E-state index in [0.29, 0.717) is 60.7 Å². The molecule has 0 aliphatic rings. The predicted molar refractivity (Wildman–Crippen MR) is 222 cm³/mol. The fourth-order valence-electron chi connectivity index (χ4n) is 6.05. The Morgan fingerprint density at radius 3 is 0.746 bits per heavy atom. The van der Waals surface area contributed by atoms with Crippen LogP contribution in [-0.2, 0) is 61.2 Å². The van der Waals surface area contributed by atoms with Gasteiger partial charge in [0.1, 0.15) is 53.2 Å². The summed E-state index contributed by atoms with van der Waals surface area (Å²) in [6.07, 6.45) is -2.47. The molecule has 0 aromatic heterocycles. The summed E-state index contributed by atoms with van der Waals surface area (Å²) in [4.78, 5) is -7.79. The first kappa shape index (κ1) is 52.4. The number of hydrogen-bond acceptors (Lipinski definition) is 17. The Morgan fingerprint density at radius 1 is 0.373 bits per heavy atom. The summed E-state index contributed by atoms with van der Waals surface area (Å²) in [7, 11) is -37.1. The second-order valence-corrected chi connectivity index (χ2v) is 22.6. The molecular weight excluding hydrogens is 1030 g/mol. The van der Waals surface area contributed by atoms with Crippen molar-refractivity contribution in [1.29, 1.82) is 0 Å². The number of ether oxygens (including phenoxy) is 5. The van der Waals surface area contributed by atoms with E-state index in [9.17, 15) is 55.1 Å². The van der Waals surface area contributed by atoms with Gasteiger partial charge < -0.3 is 23.7 Å². The molecule has 0 bridgehead atoms. The molecule has 0 aliphatic heterocycles. The molecule has 0 aliphatic carbocycles. The maximum absolute atomic E-state index is 15.2. The number of aryl methyl sites for hydroxylation is 5. The lowest BCUT2D eigenvalue weighted by Crippen LogP contribution is -2.61. The lowest BCUT2D eigenvalue weighted by atomic mass is 10.2. The highest BCUT2D eigenvalue weighted by atomic mass is 32.3. The Kier molecular flexibility index (Phi) is 14.2. The molecule has 1 N–H and O–H groups in total. The van der Waals surface area contributed by atoms with E-state index >= 15 is 19.4 Å². The number of benzene rings is 5. The molecular formula is C38H33F5O18S6. The van der Waals surface area contributed by atoms with Crippen LogP contribution in [0.1, 0.15) is 34.2 Å². The summed E-state index contributed by atoms with van der Waals surface area (Å²) in [6.45, 7) is 5.96. The van der Waals surface area contributed by atoms with Crippen LogP contribution in [0.25, 0.3) is 0 Å². The number of rotatable bonds is 18. The first-order valence-corrected chi connectivity index (χ1v) is 26.5. The van der Waals surface area contributed by atoms with E-state index in [-0.39, 0.29) is 27.8 Å². The van der Waals surface area contributed by atoms with Gasteiger partial charge in [0, 0.05) is 0 Å². The Hall–Kier alpha value is -5.59. The summed E-state index contributed by atoms with van der Waals surface area (Å²) < 4.78 is 270. The molecule has 5 aromatic carbocycles. The van der Waals surface area contributed by atoms with Crippen LogP contribution in [0.5, 0.6) is 28.7 Å². The van der Waals surface area contributed by atoms with Crippen molar-refractivity contribution in [2.75, 3.05) is 0 Å². The van der Waals surface area contributed by atoms with Crippen molar-refractivity contribution >= 4 is 61.2 Å². The topological polar surface area (TPSA) is 271 Å². The van der Waals surface area contributed by atoms with Crippen molar-refractivity contribution in [2.24, 2.45) is 0 Å². The molecule has 0 radical (unpaired) electrons. The minimum absolute atomic E-state index is 0.0786. The van der Waals surface area contributed by atoms with Gasteiger partial charge in [-0.1, -0.05) is 30.3 Å².